The maximum atomic E-state index is 10.5. The Bertz CT molecular complexity index is 269. The Morgan fingerprint density at radius 2 is 1.12 bits per heavy atom. The van der Waals surface area contributed by atoms with E-state index in [9.17, 15) is 4.79 Å². The summed E-state index contributed by atoms with van der Waals surface area (Å²) in [6.07, 6.45) is 21.9. The molecule has 24 heavy (non-hydrogen) atoms. The summed E-state index contributed by atoms with van der Waals surface area (Å²) in [5.41, 5.74) is 0. The number of nitrogens with one attached hydrogen (secondary N) is 1. The first-order valence-corrected chi connectivity index (χ1v) is 10.6. The van der Waals surface area contributed by atoms with Crippen LogP contribution in [0.15, 0.2) is 0 Å². The molecule has 0 saturated heterocycles. The fraction of sp³-hybridized carbons (Fsp3) is 0.952. The summed E-state index contributed by atoms with van der Waals surface area (Å²) in [6.45, 7) is 4.44. The van der Waals surface area contributed by atoms with Crippen LogP contribution in [0.2, 0.25) is 0 Å². The smallest absolute Gasteiger partial charge is 0.317 e. The van der Waals surface area contributed by atoms with E-state index < -0.39 is 5.97 Å². The number of carbonyl (C=O) groups is 1. The summed E-state index contributed by atoms with van der Waals surface area (Å²) in [5, 5.41) is 11.6. The molecule has 0 aliphatic rings. The molecule has 0 heterocycles. The first-order chi connectivity index (χ1) is 11.7. The lowest BCUT2D eigenvalue weighted by Gasteiger charge is -2.11. The molecule has 1 unspecified atom stereocenters. The quantitative estimate of drug-likeness (QED) is 0.271. The normalized spacial score (nSPS) is 12.4. The fourth-order valence-corrected chi connectivity index (χ4v) is 3.19. The number of hydrogen-bond donors (Lipinski definition) is 2. The van der Waals surface area contributed by atoms with Crippen LogP contribution in [-0.2, 0) is 4.79 Å². The second-order valence-corrected chi connectivity index (χ2v) is 7.41. The van der Waals surface area contributed by atoms with E-state index in [2.05, 4.69) is 19.2 Å². The molecule has 0 spiro atoms. The minimum atomic E-state index is -0.765. The zero-order chi connectivity index (χ0) is 17.9. The predicted octanol–water partition coefficient (Wildman–Crippen LogP) is 6.31. The van der Waals surface area contributed by atoms with Gasteiger partial charge < -0.3 is 10.4 Å². The molecule has 0 bridgehead atoms. The van der Waals surface area contributed by atoms with Gasteiger partial charge in [0.15, 0.2) is 0 Å². The van der Waals surface area contributed by atoms with Crippen molar-refractivity contribution in [2.75, 3.05) is 6.54 Å². The van der Waals surface area contributed by atoms with Gasteiger partial charge in [0.1, 0.15) is 0 Å². The van der Waals surface area contributed by atoms with Gasteiger partial charge in [0.25, 0.3) is 0 Å². The molecule has 3 heteroatoms. The number of carboxylic acids is 1. The van der Waals surface area contributed by atoms with E-state index in [1.54, 1.807) is 0 Å². The maximum absolute atomic E-state index is 10.5. The molecule has 0 aromatic heterocycles. The monoisotopic (exact) mass is 341 g/mol. The Balaban J connectivity index is 3.08. The summed E-state index contributed by atoms with van der Waals surface area (Å²) in [7, 11) is 0. The average Bonchev–Trinajstić information content (AvgIpc) is 2.56. The van der Waals surface area contributed by atoms with Gasteiger partial charge in [-0.25, -0.2) is 0 Å². The van der Waals surface area contributed by atoms with Gasteiger partial charge in [-0.05, 0) is 13.3 Å². The Morgan fingerprint density at radius 1 is 0.750 bits per heavy atom. The van der Waals surface area contributed by atoms with Crippen LogP contribution < -0.4 is 5.32 Å². The third-order valence-corrected chi connectivity index (χ3v) is 4.84. The van der Waals surface area contributed by atoms with Crippen LogP contribution in [0, 0.1) is 0 Å². The van der Waals surface area contributed by atoms with Crippen LogP contribution in [0.1, 0.15) is 117 Å². The third kappa shape index (κ3) is 19.5. The van der Waals surface area contributed by atoms with Gasteiger partial charge in [-0.1, -0.05) is 103 Å². The summed E-state index contributed by atoms with van der Waals surface area (Å²) in [6, 6.07) is 0.322. The molecule has 0 fully saturated rings. The minimum absolute atomic E-state index is 0.0832. The zero-order valence-corrected chi connectivity index (χ0v) is 16.5. The highest BCUT2D eigenvalue weighted by atomic mass is 16.4. The van der Waals surface area contributed by atoms with Crippen molar-refractivity contribution in [3.05, 3.63) is 0 Å². The second-order valence-electron chi connectivity index (χ2n) is 7.41. The van der Waals surface area contributed by atoms with Crippen LogP contribution in [0.25, 0.3) is 0 Å². The van der Waals surface area contributed by atoms with Crippen LogP contribution >= 0.6 is 0 Å². The molecule has 0 aliphatic carbocycles. The average molecular weight is 342 g/mol. The summed E-state index contributed by atoms with van der Waals surface area (Å²) in [4.78, 5) is 10.5. The minimum Gasteiger partial charge on any atom is -0.480 e. The number of aliphatic carboxylic acids is 1. The van der Waals surface area contributed by atoms with Crippen molar-refractivity contribution in [3.63, 3.8) is 0 Å². The second kappa shape index (κ2) is 18.8. The molecule has 0 amide bonds. The maximum Gasteiger partial charge on any atom is 0.317 e. The highest BCUT2D eigenvalue weighted by Gasteiger charge is 2.03. The first-order valence-electron chi connectivity index (χ1n) is 10.6. The van der Waals surface area contributed by atoms with Gasteiger partial charge in [-0.3, -0.25) is 4.79 Å². The molecule has 0 aliphatic heterocycles. The van der Waals surface area contributed by atoms with Crippen molar-refractivity contribution in [1.29, 1.82) is 0 Å². The lowest BCUT2D eigenvalue weighted by Crippen LogP contribution is -2.31. The molecule has 144 valence electrons. The van der Waals surface area contributed by atoms with E-state index in [1.165, 1.54) is 96.3 Å². The van der Waals surface area contributed by atoms with Gasteiger partial charge in [0, 0.05) is 6.04 Å². The predicted molar refractivity (Wildman–Crippen MR) is 105 cm³/mol. The molecule has 0 aromatic carbocycles. The van der Waals surface area contributed by atoms with E-state index in [1.807, 2.05) is 0 Å². The Labute approximate surface area is 151 Å². The zero-order valence-electron chi connectivity index (χ0n) is 16.5. The fourth-order valence-electron chi connectivity index (χ4n) is 3.19. The lowest BCUT2D eigenvalue weighted by atomic mass is 10.0. The molecule has 2 N–H and O–H groups in total. The lowest BCUT2D eigenvalue weighted by molar-refractivity contribution is -0.136. The SMILES string of the molecule is CCCCCCCCCCCCCCCCCC(C)NCC(=O)O. The highest BCUT2D eigenvalue weighted by Crippen LogP contribution is 2.14. The van der Waals surface area contributed by atoms with Crippen molar-refractivity contribution < 1.29 is 9.90 Å². The van der Waals surface area contributed by atoms with E-state index in [4.69, 9.17) is 5.11 Å². The van der Waals surface area contributed by atoms with Gasteiger partial charge in [-0.15, -0.1) is 0 Å². The van der Waals surface area contributed by atoms with Crippen molar-refractivity contribution in [1.82, 2.24) is 5.32 Å². The molecule has 0 radical (unpaired) electrons. The summed E-state index contributed by atoms with van der Waals surface area (Å²) in [5.74, 6) is -0.765. The topological polar surface area (TPSA) is 49.3 Å². The van der Waals surface area contributed by atoms with E-state index in [0.717, 1.165) is 6.42 Å². The van der Waals surface area contributed by atoms with Crippen LogP contribution in [0.4, 0.5) is 0 Å². The number of hydrogen-bond acceptors (Lipinski definition) is 2. The van der Waals surface area contributed by atoms with Crippen LogP contribution in [-0.4, -0.2) is 23.7 Å². The largest absolute Gasteiger partial charge is 0.480 e. The molecule has 0 rings (SSSR count). The van der Waals surface area contributed by atoms with Crippen molar-refractivity contribution >= 4 is 5.97 Å². The van der Waals surface area contributed by atoms with Crippen molar-refractivity contribution in [3.8, 4) is 0 Å². The summed E-state index contributed by atoms with van der Waals surface area (Å²) >= 11 is 0. The van der Waals surface area contributed by atoms with Gasteiger partial charge >= 0.3 is 5.97 Å². The van der Waals surface area contributed by atoms with Crippen molar-refractivity contribution in [2.45, 2.75) is 123 Å². The van der Waals surface area contributed by atoms with Crippen LogP contribution in [0.5, 0.6) is 0 Å². The van der Waals surface area contributed by atoms with Crippen molar-refractivity contribution in [2.24, 2.45) is 0 Å². The highest BCUT2D eigenvalue weighted by molar-refractivity contribution is 5.69. The molecular weight excluding hydrogens is 298 g/mol. The molecule has 3 nitrogen and oxygen atoms in total. The molecule has 0 aromatic rings. The Morgan fingerprint density at radius 3 is 1.50 bits per heavy atom. The molecular formula is C21H43NO2. The number of unbranched alkanes of at least 4 members (excludes halogenated alkanes) is 14. The molecule has 1 atom stereocenters. The Kier molecular flexibility index (Phi) is 18.3. The van der Waals surface area contributed by atoms with E-state index in [0.29, 0.717) is 6.04 Å². The number of carboxylic acid groups (broad SMARTS) is 1. The van der Waals surface area contributed by atoms with E-state index >= 15 is 0 Å². The van der Waals surface area contributed by atoms with E-state index in [-0.39, 0.29) is 6.54 Å². The standard InChI is InChI=1S/C21H43NO2/c1-3-4-5-6-7-8-9-10-11-12-13-14-15-16-17-18-20(2)22-19-21(23)24/h20,22H,3-19H2,1-2H3,(H,23,24). The third-order valence-electron chi connectivity index (χ3n) is 4.84. The van der Waals surface area contributed by atoms with Gasteiger partial charge in [0.2, 0.25) is 0 Å². The molecule has 0 saturated carbocycles. The Hall–Kier alpha value is -0.570. The van der Waals surface area contributed by atoms with Gasteiger partial charge in [-0.2, -0.15) is 0 Å². The van der Waals surface area contributed by atoms with Crippen LogP contribution in [0.3, 0.4) is 0 Å². The number of rotatable bonds is 19. The summed E-state index contributed by atoms with van der Waals surface area (Å²) < 4.78 is 0. The van der Waals surface area contributed by atoms with Gasteiger partial charge in [0.05, 0.1) is 6.54 Å². The first kappa shape index (κ1) is 23.4.